The first-order valence-electron chi connectivity index (χ1n) is 5.57. The third-order valence-corrected chi connectivity index (χ3v) is 3.02. The van der Waals surface area contributed by atoms with Gasteiger partial charge in [-0.05, 0) is 18.4 Å². The Morgan fingerprint density at radius 2 is 2.38 bits per heavy atom. The lowest BCUT2D eigenvalue weighted by molar-refractivity contribution is 0.0691. The fourth-order valence-electron chi connectivity index (χ4n) is 1.79. The molecule has 1 saturated carbocycles. The Bertz CT molecular complexity index is 374. The summed E-state index contributed by atoms with van der Waals surface area (Å²) in [6.45, 7) is 0.580. The number of hydrogen-bond acceptors (Lipinski definition) is 3. The van der Waals surface area contributed by atoms with Gasteiger partial charge in [-0.25, -0.2) is 4.79 Å². The van der Waals surface area contributed by atoms with Crippen LogP contribution in [0.15, 0.2) is 18.5 Å². The third-order valence-electron chi connectivity index (χ3n) is 3.02. The van der Waals surface area contributed by atoms with Crippen molar-refractivity contribution in [2.45, 2.75) is 25.7 Å². The zero-order valence-corrected chi connectivity index (χ0v) is 9.06. The summed E-state index contributed by atoms with van der Waals surface area (Å²) < 4.78 is 5.46. The molecule has 1 aromatic heterocycles. The lowest BCUT2D eigenvalue weighted by Crippen LogP contribution is -2.15. The number of nitrogens with zero attached hydrogens (tertiary/aromatic N) is 1. The lowest BCUT2D eigenvalue weighted by Gasteiger charge is -2.25. The Kier molecular flexibility index (Phi) is 3.39. The highest BCUT2D eigenvalue weighted by Crippen LogP contribution is 2.29. The van der Waals surface area contributed by atoms with Crippen LogP contribution in [0.2, 0.25) is 0 Å². The topological polar surface area (TPSA) is 59.4 Å². The average Bonchev–Trinajstić information content (AvgIpc) is 2.22. The van der Waals surface area contributed by atoms with Gasteiger partial charge in [0.05, 0.1) is 12.8 Å². The molecular formula is C12H15NO3. The molecule has 0 atom stereocenters. The summed E-state index contributed by atoms with van der Waals surface area (Å²) in [4.78, 5) is 14.7. The standard InChI is InChI=1S/C12H15NO3/c14-12(15)10-4-6-13-8-11(10)16-7-5-9-2-1-3-9/h4,6,8-9H,1-3,5,7H2,(H,14,15). The van der Waals surface area contributed by atoms with Crippen molar-refractivity contribution in [2.75, 3.05) is 6.61 Å². The monoisotopic (exact) mass is 221 g/mol. The predicted molar refractivity (Wildman–Crippen MR) is 58.6 cm³/mol. The molecule has 1 heterocycles. The Balaban J connectivity index is 1.89. The molecule has 86 valence electrons. The predicted octanol–water partition coefficient (Wildman–Crippen LogP) is 2.35. The van der Waals surface area contributed by atoms with Crippen LogP contribution in [0.5, 0.6) is 5.75 Å². The van der Waals surface area contributed by atoms with Crippen LogP contribution in [0.3, 0.4) is 0 Å². The van der Waals surface area contributed by atoms with Crippen molar-refractivity contribution in [3.63, 3.8) is 0 Å². The van der Waals surface area contributed by atoms with Gasteiger partial charge in [0.1, 0.15) is 5.56 Å². The van der Waals surface area contributed by atoms with E-state index < -0.39 is 5.97 Å². The smallest absolute Gasteiger partial charge is 0.339 e. The van der Waals surface area contributed by atoms with Crippen LogP contribution in [-0.4, -0.2) is 22.7 Å². The van der Waals surface area contributed by atoms with E-state index in [1.807, 2.05) is 0 Å². The molecule has 0 spiro atoms. The van der Waals surface area contributed by atoms with Crippen LogP contribution in [0.25, 0.3) is 0 Å². The summed E-state index contributed by atoms with van der Waals surface area (Å²) in [5.74, 6) is 0.167. The molecule has 1 aliphatic carbocycles. The number of carboxylic acids is 1. The van der Waals surface area contributed by atoms with Crippen LogP contribution in [0.4, 0.5) is 0 Å². The van der Waals surface area contributed by atoms with Crippen LogP contribution in [0.1, 0.15) is 36.0 Å². The van der Waals surface area contributed by atoms with Crippen molar-refractivity contribution in [2.24, 2.45) is 5.92 Å². The largest absolute Gasteiger partial charge is 0.491 e. The fourth-order valence-corrected chi connectivity index (χ4v) is 1.79. The van der Waals surface area contributed by atoms with E-state index in [2.05, 4.69) is 4.98 Å². The molecule has 16 heavy (non-hydrogen) atoms. The Morgan fingerprint density at radius 1 is 1.56 bits per heavy atom. The maximum Gasteiger partial charge on any atom is 0.339 e. The molecule has 0 aliphatic heterocycles. The number of aromatic nitrogens is 1. The Morgan fingerprint density at radius 3 is 3.00 bits per heavy atom. The van der Waals surface area contributed by atoms with E-state index in [1.54, 1.807) is 0 Å². The summed E-state index contributed by atoms with van der Waals surface area (Å²) >= 11 is 0. The SMILES string of the molecule is O=C(O)c1ccncc1OCCC1CCC1. The van der Waals surface area contributed by atoms with Crippen molar-refractivity contribution in [1.29, 1.82) is 0 Å². The summed E-state index contributed by atoms with van der Waals surface area (Å²) in [5, 5.41) is 8.92. The van der Waals surface area contributed by atoms with Crippen molar-refractivity contribution in [3.8, 4) is 5.75 Å². The second kappa shape index (κ2) is 4.96. The van der Waals surface area contributed by atoms with Crippen molar-refractivity contribution >= 4 is 5.97 Å². The Labute approximate surface area is 94.3 Å². The van der Waals surface area contributed by atoms with Crippen LogP contribution < -0.4 is 4.74 Å². The first-order valence-corrected chi connectivity index (χ1v) is 5.57. The van der Waals surface area contributed by atoms with Gasteiger partial charge in [-0.15, -0.1) is 0 Å². The highest BCUT2D eigenvalue weighted by atomic mass is 16.5. The van der Waals surface area contributed by atoms with Gasteiger partial charge in [0.25, 0.3) is 0 Å². The number of aromatic carboxylic acids is 1. The van der Waals surface area contributed by atoms with E-state index in [0.29, 0.717) is 12.4 Å². The molecule has 0 amide bonds. The van der Waals surface area contributed by atoms with Crippen LogP contribution >= 0.6 is 0 Å². The summed E-state index contributed by atoms with van der Waals surface area (Å²) in [6.07, 6.45) is 7.81. The van der Waals surface area contributed by atoms with Gasteiger partial charge in [0.2, 0.25) is 0 Å². The molecule has 4 nitrogen and oxygen atoms in total. The number of rotatable bonds is 5. The van der Waals surface area contributed by atoms with Gasteiger partial charge in [-0.2, -0.15) is 0 Å². The number of carbonyl (C=O) groups is 1. The molecule has 1 N–H and O–H groups in total. The lowest BCUT2D eigenvalue weighted by atomic mass is 9.83. The highest BCUT2D eigenvalue weighted by molar-refractivity contribution is 5.90. The normalized spacial score (nSPS) is 15.5. The first kappa shape index (κ1) is 10.9. The highest BCUT2D eigenvalue weighted by Gasteiger charge is 2.17. The molecule has 4 heteroatoms. The summed E-state index contributed by atoms with van der Waals surface area (Å²) in [5.41, 5.74) is 0.184. The molecule has 1 aromatic rings. The summed E-state index contributed by atoms with van der Waals surface area (Å²) in [7, 11) is 0. The number of hydrogen-bond donors (Lipinski definition) is 1. The first-order chi connectivity index (χ1) is 7.77. The summed E-state index contributed by atoms with van der Waals surface area (Å²) in [6, 6.07) is 1.46. The number of carboxylic acid groups (broad SMARTS) is 1. The van der Waals surface area contributed by atoms with Crippen LogP contribution in [-0.2, 0) is 0 Å². The van der Waals surface area contributed by atoms with E-state index in [-0.39, 0.29) is 5.56 Å². The van der Waals surface area contributed by atoms with Crippen LogP contribution in [0, 0.1) is 5.92 Å². The van der Waals surface area contributed by atoms with Gasteiger partial charge < -0.3 is 9.84 Å². The third kappa shape index (κ3) is 2.51. The molecule has 2 rings (SSSR count). The minimum Gasteiger partial charge on any atom is -0.491 e. The maximum absolute atomic E-state index is 10.9. The molecule has 0 unspecified atom stereocenters. The number of pyridine rings is 1. The van der Waals surface area contributed by atoms with Gasteiger partial charge >= 0.3 is 5.97 Å². The number of ether oxygens (including phenoxy) is 1. The second-order valence-electron chi connectivity index (χ2n) is 4.11. The van der Waals surface area contributed by atoms with Gasteiger partial charge in [-0.1, -0.05) is 19.3 Å². The van der Waals surface area contributed by atoms with Crippen molar-refractivity contribution in [1.82, 2.24) is 4.98 Å². The average molecular weight is 221 g/mol. The Hall–Kier alpha value is -1.58. The van der Waals surface area contributed by atoms with Gasteiger partial charge in [0, 0.05) is 6.20 Å². The van der Waals surface area contributed by atoms with E-state index in [9.17, 15) is 4.79 Å². The van der Waals surface area contributed by atoms with Gasteiger partial charge in [0.15, 0.2) is 5.75 Å². The maximum atomic E-state index is 10.9. The fraction of sp³-hybridized carbons (Fsp3) is 0.500. The molecule has 1 aliphatic rings. The van der Waals surface area contributed by atoms with E-state index in [0.717, 1.165) is 12.3 Å². The molecular weight excluding hydrogens is 206 g/mol. The molecule has 0 saturated heterocycles. The van der Waals surface area contributed by atoms with Gasteiger partial charge in [-0.3, -0.25) is 4.98 Å². The molecule has 0 bridgehead atoms. The van der Waals surface area contributed by atoms with E-state index in [4.69, 9.17) is 9.84 Å². The van der Waals surface area contributed by atoms with E-state index >= 15 is 0 Å². The van der Waals surface area contributed by atoms with E-state index in [1.165, 1.54) is 37.7 Å². The van der Waals surface area contributed by atoms with Crippen molar-refractivity contribution < 1.29 is 14.6 Å². The minimum atomic E-state index is -0.971. The molecule has 1 fully saturated rings. The zero-order valence-electron chi connectivity index (χ0n) is 9.06. The van der Waals surface area contributed by atoms with Crippen molar-refractivity contribution in [3.05, 3.63) is 24.0 Å². The molecule has 0 aromatic carbocycles. The minimum absolute atomic E-state index is 0.184. The quantitative estimate of drug-likeness (QED) is 0.829. The zero-order chi connectivity index (χ0) is 11.4. The molecule has 0 radical (unpaired) electrons. The second-order valence-corrected chi connectivity index (χ2v) is 4.11.